The van der Waals surface area contributed by atoms with Gasteiger partial charge in [-0.05, 0) is 19.9 Å². The van der Waals surface area contributed by atoms with E-state index in [0.29, 0.717) is 0 Å². The van der Waals surface area contributed by atoms with E-state index in [0.717, 1.165) is 12.5 Å². The summed E-state index contributed by atoms with van der Waals surface area (Å²) in [6, 6.07) is -1.07. The molecule has 3 heterocycles. The SMILES string of the molecule is COC1/C=C/OC2(C)Oc3c(C)c(O)c4c(O)c(c(/C=N\NC(N)=O)c(O)c4c3C2=O)NC(=O)C(C)=C/C=C/C(C)C(O)C(C)C(O)C(C)C(OC(C)=O)C1C. The molecule has 0 radical (unpaired) electrons. The molecule has 0 aliphatic carbocycles. The zero-order chi connectivity index (χ0) is 42.0. The second-order valence-corrected chi connectivity index (χ2v) is 14.4. The molecule has 0 saturated heterocycles. The van der Waals surface area contributed by atoms with Crippen molar-refractivity contribution in [3.8, 4) is 23.0 Å². The van der Waals surface area contributed by atoms with E-state index >= 15 is 0 Å². The van der Waals surface area contributed by atoms with Crippen LogP contribution < -0.4 is 21.2 Å². The number of methoxy groups -OCH3 is 1. The molecule has 3 aliphatic rings. The van der Waals surface area contributed by atoms with Crippen LogP contribution >= 0.6 is 0 Å². The molecule has 56 heavy (non-hydrogen) atoms. The average molecular weight is 783 g/mol. The van der Waals surface area contributed by atoms with Crippen LogP contribution in [0, 0.1) is 30.6 Å². The molecule has 304 valence electrons. The van der Waals surface area contributed by atoms with Crippen molar-refractivity contribution in [2.24, 2.45) is 34.5 Å². The lowest BCUT2D eigenvalue weighted by molar-refractivity contribution is -0.160. The van der Waals surface area contributed by atoms with Crippen molar-refractivity contribution in [1.29, 1.82) is 0 Å². The number of carbonyl (C=O) groups excluding carboxylic acids is 4. The van der Waals surface area contributed by atoms with Gasteiger partial charge in [-0.3, -0.25) is 14.4 Å². The Hall–Kier alpha value is -5.65. The molecule has 0 fully saturated rings. The number of hydrogen-bond acceptors (Lipinski definition) is 14. The number of nitrogens with two attached hydrogens (primary N) is 1. The van der Waals surface area contributed by atoms with Crippen LogP contribution in [0.5, 0.6) is 23.0 Å². The van der Waals surface area contributed by atoms with Gasteiger partial charge in [-0.15, -0.1) is 0 Å². The number of ketones is 1. The van der Waals surface area contributed by atoms with Crippen LogP contribution in [0.25, 0.3) is 10.8 Å². The Bertz CT molecular complexity index is 2030. The van der Waals surface area contributed by atoms with Gasteiger partial charge in [0.05, 0.1) is 53.0 Å². The van der Waals surface area contributed by atoms with Crippen LogP contribution in [0.15, 0.2) is 41.2 Å². The lowest BCUT2D eigenvalue weighted by Crippen LogP contribution is -2.46. The zero-order valence-corrected chi connectivity index (χ0v) is 32.6. The van der Waals surface area contributed by atoms with Crippen molar-refractivity contribution < 1.29 is 63.7 Å². The maximum Gasteiger partial charge on any atom is 0.332 e. The first-order chi connectivity index (χ1) is 26.2. The number of Topliss-reactive ketones (excluding diaryl/α,β-unsaturated/α-hetero) is 1. The largest absolute Gasteiger partial charge is 0.507 e. The predicted molar refractivity (Wildman–Crippen MR) is 204 cm³/mol. The number of hydrazone groups is 1. The summed E-state index contributed by atoms with van der Waals surface area (Å²) in [5.74, 6) is -9.24. The molecule has 5 rings (SSSR count). The zero-order valence-electron chi connectivity index (χ0n) is 32.6. The number of ether oxygens (including phenoxy) is 4. The number of carbonyl (C=O) groups is 4. The van der Waals surface area contributed by atoms with Crippen LogP contribution in [0.3, 0.4) is 0 Å². The predicted octanol–water partition coefficient (Wildman–Crippen LogP) is 3.76. The monoisotopic (exact) mass is 782 g/mol. The van der Waals surface area contributed by atoms with Crippen LogP contribution in [0.1, 0.15) is 70.0 Å². The van der Waals surface area contributed by atoms with Crippen LogP contribution in [-0.2, 0) is 23.8 Å². The fourth-order valence-corrected chi connectivity index (χ4v) is 7.03. The second kappa shape index (κ2) is 17.0. The Morgan fingerprint density at radius 3 is 2.25 bits per heavy atom. The summed E-state index contributed by atoms with van der Waals surface area (Å²) in [5.41, 5.74) is 6.04. The third-order valence-electron chi connectivity index (χ3n) is 10.4. The number of aromatic hydroxyl groups is 3. The van der Waals surface area contributed by atoms with Crippen LogP contribution in [-0.4, -0.2) is 92.8 Å². The minimum absolute atomic E-state index is 0.0154. The first kappa shape index (κ1) is 43.1. The summed E-state index contributed by atoms with van der Waals surface area (Å²) in [4.78, 5) is 51.4. The number of fused-ring (bicyclic) bond motifs is 14. The van der Waals surface area contributed by atoms with E-state index in [-0.39, 0.29) is 33.4 Å². The van der Waals surface area contributed by atoms with Gasteiger partial charge in [0.25, 0.3) is 11.7 Å². The van der Waals surface area contributed by atoms with E-state index in [4.69, 9.17) is 24.7 Å². The van der Waals surface area contributed by atoms with Gasteiger partial charge in [0.15, 0.2) is 5.75 Å². The number of benzene rings is 2. The van der Waals surface area contributed by atoms with Gasteiger partial charge in [-0.1, -0.05) is 45.9 Å². The Morgan fingerprint density at radius 1 is 0.982 bits per heavy atom. The number of amides is 3. The summed E-state index contributed by atoms with van der Waals surface area (Å²) in [6.45, 7) is 12.2. The van der Waals surface area contributed by atoms with Gasteiger partial charge in [-0.2, -0.15) is 5.10 Å². The number of anilines is 1. The average Bonchev–Trinajstić information content (AvgIpc) is 3.41. The Morgan fingerprint density at radius 2 is 1.64 bits per heavy atom. The number of nitrogens with zero attached hydrogens (tertiary/aromatic N) is 1. The number of allylic oxidation sites excluding steroid dienone is 2. The molecule has 0 spiro atoms. The van der Waals surface area contributed by atoms with E-state index in [9.17, 15) is 44.7 Å². The summed E-state index contributed by atoms with van der Waals surface area (Å²) in [7, 11) is 1.40. The van der Waals surface area contributed by atoms with Gasteiger partial charge < -0.3 is 55.5 Å². The molecular formula is C39H50N4O13. The number of phenolic OH excluding ortho intramolecular Hbond substituents is 3. The highest BCUT2D eigenvalue weighted by Gasteiger charge is 2.50. The molecule has 5 bridgehead atoms. The Labute approximate surface area is 323 Å². The first-order valence-electron chi connectivity index (χ1n) is 17.8. The van der Waals surface area contributed by atoms with Crippen molar-refractivity contribution in [3.05, 3.63) is 52.8 Å². The second-order valence-electron chi connectivity index (χ2n) is 14.4. The third-order valence-corrected chi connectivity index (χ3v) is 10.4. The molecule has 0 aromatic heterocycles. The number of hydrogen-bond donors (Lipinski definition) is 8. The molecule has 2 aromatic rings. The van der Waals surface area contributed by atoms with Crippen LogP contribution in [0.4, 0.5) is 10.5 Å². The third kappa shape index (κ3) is 8.29. The number of urea groups is 1. The Kier molecular flexibility index (Phi) is 13.1. The minimum Gasteiger partial charge on any atom is -0.507 e. The van der Waals surface area contributed by atoms with Crippen molar-refractivity contribution in [1.82, 2.24) is 5.43 Å². The molecule has 3 amide bonds. The summed E-state index contributed by atoms with van der Waals surface area (Å²) in [6.07, 6.45) is 4.02. The van der Waals surface area contributed by atoms with Crippen LogP contribution in [0.2, 0.25) is 0 Å². The molecular weight excluding hydrogens is 732 g/mol. The molecule has 17 nitrogen and oxygen atoms in total. The van der Waals surface area contributed by atoms with E-state index in [1.165, 1.54) is 53.0 Å². The lowest BCUT2D eigenvalue weighted by atomic mass is 9.78. The Balaban J connectivity index is 1.98. The molecule has 3 aliphatic heterocycles. The van der Waals surface area contributed by atoms with Gasteiger partial charge in [0.2, 0.25) is 0 Å². The number of rotatable bonds is 4. The summed E-state index contributed by atoms with van der Waals surface area (Å²) < 4.78 is 23.3. The number of esters is 1. The highest BCUT2D eigenvalue weighted by Crippen LogP contribution is 2.55. The normalized spacial score (nSPS) is 30.0. The van der Waals surface area contributed by atoms with E-state index in [1.54, 1.807) is 33.8 Å². The number of aliphatic hydroxyl groups is 2. The quantitative estimate of drug-likeness (QED) is 0.0723. The lowest BCUT2D eigenvalue weighted by Gasteiger charge is -2.38. The minimum atomic E-state index is -2.10. The summed E-state index contributed by atoms with van der Waals surface area (Å²) in [5, 5.41) is 62.9. The van der Waals surface area contributed by atoms with E-state index in [2.05, 4.69) is 10.4 Å². The standard InChI is InChI=1S/C39H50N4O13/c1-16-11-10-12-17(2)37(51)42-28-23(15-41-43-38(40)52)32(48)25-26(33(28)49)31(47)21(6)35-27(25)36(50)39(8,56-35)54-14-13-24(53-9)18(3)34(55-22(7)44)20(5)30(46)19(4)29(16)45/h10-16,18-20,24,29-30,34,45-49H,1-9H3,(H,42,51)(H3,40,43,52)/b11-10+,14-13+,17-12?,41-15-. The molecule has 9 unspecified atom stereocenters. The topological polar surface area (TPSA) is 269 Å². The van der Waals surface area contributed by atoms with E-state index < -0.39 is 106 Å². The van der Waals surface area contributed by atoms with Gasteiger partial charge in [0, 0.05) is 61.2 Å². The van der Waals surface area contributed by atoms with Gasteiger partial charge in [0.1, 0.15) is 23.4 Å². The van der Waals surface area contributed by atoms with Crippen molar-refractivity contribution in [3.63, 3.8) is 0 Å². The number of primary amides is 1. The molecule has 9 atom stereocenters. The first-order valence-corrected chi connectivity index (χ1v) is 17.8. The van der Waals surface area contributed by atoms with Gasteiger partial charge in [-0.25, -0.2) is 10.2 Å². The summed E-state index contributed by atoms with van der Waals surface area (Å²) >= 11 is 0. The molecule has 17 heteroatoms. The highest BCUT2D eigenvalue weighted by atomic mass is 16.7. The van der Waals surface area contributed by atoms with Gasteiger partial charge >= 0.3 is 17.8 Å². The number of phenols is 3. The highest BCUT2D eigenvalue weighted by molar-refractivity contribution is 6.23. The maximum absolute atomic E-state index is 14.2. The fraction of sp³-hybridized carbons (Fsp3) is 0.462. The number of nitrogens with one attached hydrogen (secondary N) is 2. The fourth-order valence-electron chi connectivity index (χ4n) is 7.03. The number of aliphatic hydroxyl groups excluding tert-OH is 2. The smallest absolute Gasteiger partial charge is 0.332 e. The van der Waals surface area contributed by atoms with Crippen molar-refractivity contribution in [2.75, 3.05) is 12.4 Å². The molecule has 2 aromatic carbocycles. The maximum atomic E-state index is 14.2. The molecule has 0 saturated carbocycles. The van der Waals surface area contributed by atoms with Crippen molar-refractivity contribution in [2.45, 2.75) is 85.6 Å². The van der Waals surface area contributed by atoms with E-state index in [1.807, 2.05) is 5.43 Å². The molecule has 9 N–H and O–H groups in total. The van der Waals surface area contributed by atoms with Crippen molar-refractivity contribution >= 4 is 46.4 Å².